The summed E-state index contributed by atoms with van der Waals surface area (Å²) in [6.45, 7) is 1.97. The lowest BCUT2D eigenvalue weighted by atomic mass is 10.0. The Labute approximate surface area is 114 Å². The Balaban J connectivity index is 2.40. The first-order chi connectivity index (χ1) is 9.08. The van der Waals surface area contributed by atoms with Crippen LogP contribution in [0, 0.1) is 6.92 Å². The number of carboxylic acids is 1. The van der Waals surface area contributed by atoms with Crippen molar-refractivity contribution in [3.63, 3.8) is 0 Å². The number of hydrogen-bond donors (Lipinski definition) is 2. The van der Waals surface area contributed by atoms with E-state index in [9.17, 15) is 4.79 Å². The van der Waals surface area contributed by atoms with Gasteiger partial charge >= 0.3 is 5.97 Å². The average Bonchev–Trinajstić information content (AvgIpc) is 2.74. The van der Waals surface area contributed by atoms with Crippen LogP contribution in [0.2, 0.25) is 5.02 Å². The smallest absolute Gasteiger partial charge is 0.307 e. The highest BCUT2D eigenvalue weighted by molar-refractivity contribution is 6.33. The molecule has 0 fully saturated rings. The van der Waals surface area contributed by atoms with Gasteiger partial charge in [-0.3, -0.25) is 4.79 Å². The van der Waals surface area contributed by atoms with Crippen molar-refractivity contribution in [2.24, 2.45) is 0 Å². The summed E-state index contributed by atoms with van der Waals surface area (Å²) in [6.07, 6.45) is 0.0109. The molecule has 0 atom stereocenters. The lowest BCUT2D eigenvalue weighted by Gasteiger charge is -2.01. The number of aromatic nitrogens is 1. The number of carbonyl (C=O) groups is 1. The van der Waals surface area contributed by atoms with Gasteiger partial charge in [0.05, 0.1) is 11.9 Å². The fraction of sp³-hybridized carbons (Fsp3) is 0.133. The van der Waals surface area contributed by atoms with Crippen molar-refractivity contribution < 1.29 is 9.90 Å². The Morgan fingerprint density at radius 2 is 2.11 bits per heavy atom. The third-order valence-corrected chi connectivity index (χ3v) is 3.83. The van der Waals surface area contributed by atoms with E-state index < -0.39 is 5.97 Å². The molecule has 1 heterocycles. The number of aliphatic carboxylic acids is 1. The van der Waals surface area contributed by atoms with Crippen LogP contribution in [0.15, 0.2) is 30.3 Å². The molecule has 4 heteroatoms. The summed E-state index contributed by atoms with van der Waals surface area (Å²) in [7, 11) is 0. The molecule has 96 valence electrons. The normalized spacial score (nSPS) is 11.3. The Kier molecular flexibility index (Phi) is 2.72. The summed E-state index contributed by atoms with van der Waals surface area (Å²) >= 11 is 6.16. The molecule has 3 aromatic rings. The second kappa shape index (κ2) is 4.28. The van der Waals surface area contributed by atoms with Gasteiger partial charge in [0.1, 0.15) is 0 Å². The van der Waals surface area contributed by atoms with Crippen molar-refractivity contribution in [1.29, 1.82) is 0 Å². The lowest BCUT2D eigenvalue weighted by Crippen LogP contribution is -2.00. The third-order valence-electron chi connectivity index (χ3n) is 3.42. The van der Waals surface area contributed by atoms with Crippen molar-refractivity contribution in [2.75, 3.05) is 0 Å². The first-order valence-electron chi connectivity index (χ1n) is 5.98. The Hall–Kier alpha value is -2.00. The van der Waals surface area contributed by atoms with Crippen LogP contribution in [0.5, 0.6) is 0 Å². The number of aromatic amines is 1. The number of rotatable bonds is 2. The van der Waals surface area contributed by atoms with Crippen LogP contribution in [0.3, 0.4) is 0 Å². The molecule has 19 heavy (non-hydrogen) atoms. The molecule has 2 N–H and O–H groups in total. The van der Waals surface area contributed by atoms with E-state index in [1.54, 1.807) is 0 Å². The molecule has 0 bridgehead atoms. The first-order valence-corrected chi connectivity index (χ1v) is 6.36. The van der Waals surface area contributed by atoms with E-state index in [4.69, 9.17) is 16.7 Å². The van der Waals surface area contributed by atoms with Crippen molar-refractivity contribution in [1.82, 2.24) is 4.98 Å². The number of fused-ring (bicyclic) bond motifs is 3. The number of hydrogen-bond acceptors (Lipinski definition) is 1. The molecule has 0 saturated carbocycles. The van der Waals surface area contributed by atoms with Gasteiger partial charge in [-0.1, -0.05) is 29.8 Å². The van der Waals surface area contributed by atoms with Crippen molar-refractivity contribution in [3.05, 3.63) is 46.5 Å². The van der Waals surface area contributed by atoms with Crippen LogP contribution in [0.1, 0.15) is 11.1 Å². The van der Waals surface area contributed by atoms with Crippen LogP contribution in [-0.4, -0.2) is 16.1 Å². The predicted molar refractivity (Wildman–Crippen MR) is 76.9 cm³/mol. The quantitative estimate of drug-likeness (QED) is 0.744. The first kappa shape index (κ1) is 12.1. The van der Waals surface area contributed by atoms with Gasteiger partial charge in [-0.05, 0) is 30.2 Å². The topological polar surface area (TPSA) is 53.1 Å². The van der Waals surface area contributed by atoms with Gasteiger partial charge in [-0.2, -0.15) is 0 Å². The standard InChI is InChI=1S/C15H12ClNO2/c1-8-11(16)5-6-12-14(8)10-4-2-3-9(7-13(18)19)15(10)17-12/h2-6,17H,7H2,1H3,(H,18,19). The highest BCUT2D eigenvalue weighted by atomic mass is 35.5. The van der Waals surface area contributed by atoms with Crippen molar-refractivity contribution in [3.8, 4) is 0 Å². The molecule has 2 aromatic carbocycles. The van der Waals surface area contributed by atoms with E-state index in [-0.39, 0.29) is 6.42 Å². The number of benzene rings is 2. The molecule has 3 rings (SSSR count). The average molecular weight is 274 g/mol. The minimum absolute atomic E-state index is 0.0109. The molecular formula is C15H12ClNO2. The number of H-pyrrole nitrogens is 1. The number of aryl methyl sites for hydroxylation is 1. The highest BCUT2D eigenvalue weighted by Crippen LogP contribution is 2.33. The minimum Gasteiger partial charge on any atom is -0.481 e. The Morgan fingerprint density at radius 1 is 1.32 bits per heavy atom. The second-order valence-electron chi connectivity index (χ2n) is 4.63. The lowest BCUT2D eigenvalue weighted by molar-refractivity contribution is -0.136. The molecule has 0 aliphatic rings. The van der Waals surface area contributed by atoms with Gasteiger partial charge < -0.3 is 10.1 Å². The van der Waals surface area contributed by atoms with E-state index in [1.807, 2.05) is 37.3 Å². The zero-order valence-electron chi connectivity index (χ0n) is 10.3. The molecule has 0 aliphatic heterocycles. The van der Waals surface area contributed by atoms with Gasteiger partial charge in [-0.25, -0.2) is 0 Å². The Morgan fingerprint density at radius 3 is 2.84 bits per heavy atom. The van der Waals surface area contributed by atoms with Crippen LogP contribution >= 0.6 is 11.6 Å². The van der Waals surface area contributed by atoms with E-state index in [1.165, 1.54) is 0 Å². The minimum atomic E-state index is -0.832. The third kappa shape index (κ3) is 1.87. The van der Waals surface area contributed by atoms with Crippen LogP contribution < -0.4 is 0 Å². The largest absolute Gasteiger partial charge is 0.481 e. The molecule has 0 saturated heterocycles. The molecule has 1 aromatic heterocycles. The monoisotopic (exact) mass is 273 g/mol. The van der Waals surface area contributed by atoms with Crippen LogP contribution in [0.25, 0.3) is 21.8 Å². The highest BCUT2D eigenvalue weighted by Gasteiger charge is 2.12. The zero-order chi connectivity index (χ0) is 13.6. The van der Waals surface area contributed by atoms with Gasteiger partial charge in [0.2, 0.25) is 0 Å². The van der Waals surface area contributed by atoms with Gasteiger partial charge in [0.25, 0.3) is 0 Å². The molecule has 0 aliphatic carbocycles. The maximum atomic E-state index is 10.9. The molecular weight excluding hydrogens is 262 g/mol. The Bertz CT molecular complexity index is 805. The summed E-state index contributed by atoms with van der Waals surface area (Å²) in [4.78, 5) is 14.2. The van der Waals surface area contributed by atoms with Crippen LogP contribution in [0.4, 0.5) is 0 Å². The molecule has 3 nitrogen and oxygen atoms in total. The summed E-state index contributed by atoms with van der Waals surface area (Å²) in [6, 6.07) is 9.49. The second-order valence-corrected chi connectivity index (χ2v) is 5.04. The van der Waals surface area contributed by atoms with E-state index in [0.29, 0.717) is 0 Å². The van der Waals surface area contributed by atoms with Gasteiger partial charge in [0.15, 0.2) is 0 Å². The molecule has 0 radical (unpaired) electrons. The summed E-state index contributed by atoms with van der Waals surface area (Å²) < 4.78 is 0. The number of nitrogens with one attached hydrogen (secondary N) is 1. The fourth-order valence-electron chi connectivity index (χ4n) is 2.54. The SMILES string of the molecule is Cc1c(Cl)ccc2[nH]c3c(CC(=O)O)cccc3c12. The molecule has 0 unspecified atom stereocenters. The zero-order valence-corrected chi connectivity index (χ0v) is 11.1. The number of para-hydroxylation sites is 1. The summed E-state index contributed by atoms with van der Waals surface area (Å²) in [5.41, 5.74) is 3.66. The number of halogens is 1. The van der Waals surface area contributed by atoms with E-state index in [2.05, 4.69) is 4.98 Å². The maximum Gasteiger partial charge on any atom is 0.307 e. The van der Waals surface area contributed by atoms with Gasteiger partial charge in [0, 0.05) is 21.3 Å². The van der Waals surface area contributed by atoms with Crippen LogP contribution in [-0.2, 0) is 11.2 Å². The van der Waals surface area contributed by atoms with E-state index >= 15 is 0 Å². The maximum absolute atomic E-state index is 10.9. The van der Waals surface area contributed by atoms with Crippen molar-refractivity contribution >= 4 is 39.4 Å². The fourth-order valence-corrected chi connectivity index (χ4v) is 2.70. The summed E-state index contributed by atoms with van der Waals surface area (Å²) in [5, 5.41) is 11.8. The summed E-state index contributed by atoms with van der Waals surface area (Å²) in [5.74, 6) is -0.832. The predicted octanol–water partition coefficient (Wildman–Crippen LogP) is 3.91. The van der Waals surface area contributed by atoms with E-state index in [0.717, 1.165) is 38.0 Å². The molecule has 0 amide bonds. The number of carboxylic acid groups (broad SMARTS) is 1. The van der Waals surface area contributed by atoms with Crippen molar-refractivity contribution in [2.45, 2.75) is 13.3 Å². The molecule has 0 spiro atoms. The van der Waals surface area contributed by atoms with Gasteiger partial charge in [-0.15, -0.1) is 0 Å².